The lowest BCUT2D eigenvalue weighted by Gasteiger charge is -2.33. The predicted octanol–water partition coefficient (Wildman–Crippen LogP) is 4.72. The fourth-order valence-electron chi connectivity index (χ4n) is 3.70. The molecule has 1 amide bonds. The summed E-state index contributed by atoms with van der Waals surface area (Å²) in [4.78, 5) is 23.6. The topological polar surface area (TPSA) is 55.3 Å². The molecule has 2 aromatic carbocycles. The van der Waals surface area contributed by atoms with Gasteiger partial charge in [0, 0.05) is 42.0 Å². The Hall–Kier alpha value is -2.99. The molecule has 0 saturated carbocycles. The van der Waals surface area contributed by atoms with Crippen LogP contribution in [-0.2, 0) is 4.79 Å². The molecule has 7 heteroatoms. The quantitative estimate of drug-likeness (QED) is 0.593. The van der Waals surface area contributed by atoms with Gasteiger partial charge in [-0.1, -0.05) is 23.7 Å². The molecule has 0 aliphatic carbocycles. The van der Waals surface area contributed by atoms with Crippen molar-refractivity contribution in [3.05, 3.63) is 77.5 Å². The summed E-state index contributed by atoms with van der Waals surface area (Å²) in [6.07, 6.45) is 5.15. The summed E-state index contributed by atoms with van der Waals surface area (Å²) in [5.74, 6) is 0.107. The van der Waals surface area contributed by atoms with E-state index in [1.807, 2.05) is 24.3 Å². The van der Waals surface area contributed by atoms with E-state index in [0.29, 0.717) is 23.9 Å². The zero-order chi connectivity index (χ0) is 20.9. The standard InChI is InChI=1S/C23H21ClFN3O2/c24-18-5-1-3-16(13-18)22-23(27-11-10-26-22)17-4-2-12-28(14-17)21(29)15-30-20-8-6-19(25)7-9-20/h1,3,5-11,13,17H,2,4,12,14-15H2. The van der Waals surface area contributed by atoms with E-state index in [1.54, 1.807) is 17.3 Å². The molecule has 1 unspecified atom stereocenters. The Balaban J connectivity index is 1.46. The second kappa shape index (κ2) is 9.22. The van der Waals surface area contributed by atoms with Gasteiger partial charge in [-0.15, -0.1) is 0 Å². The van der Waals surface area contributed by atoms with Crippen molar-refractivity contribution in [1.29, 1.82) is 0 Å². The predicted molar refractivity (Wildman–Crippen MR) is 113 cm³/mol. The Morgan fingerprint density at radius 1 is 1.17 bits per heavy atom. The summed E-state index contributed by atoms with van der Waals surface area (Å²) in [5, 5.41) is 0.641. The zero-order valence-electron chi connectivity index (χ0n) is 16.3. The average Bonchev–Trinajstić information content (AvgIpc) is 2.78. The van der Waals surface area contributed by atoms with Crippen molar-refractivity contribution in [2.75, 3.05) is 19.7 Å². The lowest BCUT2D eigenvalue weighted by molar-refractivity contribution is -0.134. The van der Waals surface area contributed by atoms with Crippen LogP contribution in [0.3, 0.4) is 0 Å². The maximum absolute atomic E-state index is 13.0. The smallest absolute Gasteiger partial charge is 0.260 e. The number of aromatic nitrogens is 2. The Labute approximate surface area is 179 Å². The summed E-state index contributed by atoms with van der Waals surface area (Å²) in [6.45, 7) is 1.15. The molecule has 0 spiro atoms. The van der Waals surface area contributed by atoms with Crippen LogP contribution < -0.4 is 4.74 Å². The number of ether oxygens (including phenoxy) is 1. The highest BCUT2D eigenvalue weighted by atomic mass is 35.5. The minimum absolute atomic E-state index is 0.0798. The van der Waals surface area contributed by atoms with Gasteiger partial charge in [0.1, 0.15) is 11.6 Å². The van der Waals surface area contributed by atoms with Crippen molar-refractivity contribution in [2.45, 2.75) is 18.8 Å². The van der Waals surface area contributed by atoms with Crippen molar-refractivity contribution in [1.82, 2.24) is 14.9 Å². The second-order valence-electron chi connectivity index (χ2n) is 7.22. The van der Waals surface area contributed by atoms with Crippen molar-refractivity contribution < 1.29 is 13.9 Å². The molecule has 1 aliphatic rings. The lowest BCUT2D eigenvalue weighted by atomic mass is 9.91. The van der Waals surface area contributed by atoms with E-state index in [1.165, 1.54) is 24.3 Å². The van der Waals surface area contributed by atoms with Crippen LogP contribution in [0.1, 0.15) is 24.5 Å². The molecule has 2 heterocycles. The molecule has 154 valence electrons. The van der Waals surface area contributed by atoms with Crippen molar-refractivity contribution in [3.8, 4) is 17.0 Å². The number of likely N-dealkylation sites (tertiary alicyclic amines) is 1. The Kier molecular flexibility index (Phi) is 6.23. The zero-order valence-corrected chi connectivity index (χ0v) is 17.1. The van der Waals surface area contributed by atoms with Gasteiger partial charge in [-0.3, -0.25) is 14.8 Å². The number of hydrogen-bond acceptors (Lipinski definition) is 4. The molecule has 1 aliphatic heterocycles. The number of hydrogen-bond donors (Lipinski definition) is 0. The monoisotopic (exact) mass is 425 g/mol. The number of piperidine rings is 1. The number of carbonyl (C=O) groups is 1. The van der Waals surface area contributed by atoms with E-state index >= 15 is 0 Å². The second-order valence-corrected chi connectivity index (χ2v) is 7.66. The first-order chi connectivity index (χ1) is 14.6. The highest BCUT2D eigenvalue weighted by Crippen LogP contribution is 2.32. The van der Waals surface area contributed by atoms with E-state index in [4.69, 9.17) is 16.3 Å². The fraction of sp³-hybridized carbons (Fsp3) is 0.261. The first-order valence-corrected chi connectivity index (χ1v) is 10.2. The highest BCUT2D eigenvalue weighted by molar-refractivity contribution is 6.30. The maximum Gasteiger partial charge on any atom is 0.260 e. The molecular weight excluding hydrogens is 405 g/mol. The van der Waals surface area contributed by atoms with Crippen LogP contribution in [0, 0.1) is 5.82 Å². The normalized spacial score (nSPS) is 16.3. The third-order valence-electron chi connectivity index (χ3n) is 5.16. The largest absolute Gasteiger partial charge is 0.484 e. The molecule has 0 bridgehead atoms. The van der Waals surface area contributed by atoms with E-state index < -0.39 is 0 Å². The first kappa shape index (κ1) is 20.3. The van der Waals surface area contributed by atoms with Gasteiger partial charge in [0.15, 0.2) is 6.61 Å². The van der Waals surface area contributed by atoms with E-state index in [0.717, 1.165) is 29.8 Å². The number of benzene rings is 2. The number of amides is 1. The molecule has 1 atom stereocenters. The SMILES string of the molecule is O=C(COc1ccc(F)cc1)N1CCCC(c2nccnc2-c2cccc(Cl)c2)C1. The maximum atomic E-state index is 13.0. The number of carbonyl (C=O) groups excluding carboxylic acids is 1. The number of rotatable bonds is 5. The third-order valence-corrected chi connectivity index (χ3v) is 5.40. The van der Waals surface area contributed by atoms with Crippen molar-refractivity contribution >= 4 is 17.5 Å². The molecule has 3 aromatic rings. The van der Waals surface area contributed by atoms with Gasteiger partial charge in [-0.25, -0.2) is 4.39 Å². The minimum Gasteiger partial charge on any atom is -0.484 e. The van der Waals surface area contributed by atoms with Gasteiger partial charge in [-0.05, 0) is 49.2 Å². The van der Waals surface area contributed by atoms with Crippen LogP contribution in [-0.4, -0.2) is 40.5 Å². The van der Waals surface area contributed by atoms with Gasteiger partial charge in [0.05, 0.1) is 11.4 Å². The van der Waals surface area contributed by atoms with Gasteiger partial charge in [-0.2, -0.15) is 0 Å². The summed E-state index contributed by atoms with van der Waals surface area (Å²) in [6, 6.07) is 13.2. The highest BCUT2D eigenvalue weighted by Gasteiger charge is 2.28. The molecule has 1 aromatic heterocycles. The Morgan fingerprint density at radius 3 is 2.77 bits per heavy atom. The molecule has 1 fully saturated rings. The van der Waals surface area contributed by atoms with Crippen LogP contribution in [0.4, 0.5) is 4.39 Å². The first-order valence-electron chi connectivity index (χ1n) is 9.83. The third kappa shape index (κ3) is 4.76. The Bertz CT molecular complexity index is 1030. The number of nitrogens with zero attached hydrogens (tertiary/aromatic N) is 3. The van der Waals surface area contributed by atoms with Crippen molar-refractivity contribution in [2.24, 2.45) is 0 Å². The van der Waals surface area contributed by atoms with Crippen LogP contribution in [0.2, 0.25) is 5.02 Å². The van der Waals surface area contributed by atoms with Crippen molar-refractivity contribution in [3.63, 3.8) is 0 Å². The molecular formula is C23H21ClFN3O2. The molecule has 30 heavy (non-hydrogen) atoms. The van der Waals surface area contributed by atoms with E-state index in [9.17, 15) is 9.18 Å². The minimum atomic E-state index is -0.341. The molecule has 0 radical (unpaired) electrons. The fourth-order valence-corrected chi connectivity index (χ4v) is 3.89. The van der Waals surface area contributed by atoms with Gasteiger partial charge < -0.3 is 9.64 Å². The molecule has 1 saturated heterocycles. The summed E-state index contributed by atoms with van der Waals surface area (Å²) in [7, 11) is 0. The molecule has 0 N–H and O–H groups in total. The van der Waals surface area contributed by atoms with Crippen LogP contribution >= 0.6 is 11.6 Å². The molecule has 4 rings (SSSR count). The van der Waals surface area contributed by atoms with Crippen LogP contribution in [0.15, 0.2) is 60.9 Å². The number of halogens is 2. The lowest BCUT2D eigenvalue weighted by Crippen LogP contribution is -2.41. The average molecular weight is 426 g/mol. The van der Waals surface area contributed by atoms with Crippen LogP contribution in [0.25, 0.3) is 11.3 Å². The summed E-state index contributed by atoms with van der Waals surface area (Å²) >= 11 is 6.16. The van der Waals surface area contributed by atoms with Gasteiger partial charge >= 0.3 is 0 Å². The summed E-state index contributed by atoms with van der Waals surface area (Å²) in [5.41, 5.74) is 2.58. The summed E-state index contributed by atoms with van der Waals surface area (Å²) < 4.78 is 18.5. The van der Waals surface area contributed by atoms with Crippen LogP contribution in [0.5, 0.6) is 5.75 Å². The van der Waals surface area contributed by atoms with Gasteiger partial charge in [0.25, 0.3) is 5.91 Å². The van der Waals surface area contributed by atoms with E-state index in [2.05, 4.69) is 9.97 Å². The Morgan fingerprint density at radius 2 is 1.97 bits per heavy atom. The molecule has 5 nitrogen and oxygen atoms in total. The van der Waals surface area contributed by atoms with Gasteiger partial charge in [0.2, 0.25) is 0 Å². The van der Waals surface area contributed by atoms with E-state index in [-0.39, 0.29) is 24.2 Å².